The summed E-state index contributed by atoms with van der Waals surface area (Å²) in [5.74, 6) is -0.674. The maximum Gasteiger partial charge on any atom is 0.320 e. The quantitative estimate of drug-likeness (QED) is 0.713. The van der Waals surface area contributed by atoms with Gasteiger partial charge in [0.05, 0.1) is 0 Å². The Hall–Kier alpha value is -2.13. The number of piperidine rings is 1. The first kappa shape index (κ1) is 18.7. The van der Waals surface area contributed by atoms with Crippen molar-refractivity contribution in [3.63, 3.8) is 0 Å². The Kier molecular flexibility index (Phi) is 6.45. The summed E-state index contributed by atoms with van der Waals surface area (Å²) in [4.78, 5) is 14.0. The minimum atomic E-state index is -0.674. The van der Waals surface area contributed by atoms with Crippen molar-refractivity contribution in [2.75, 3.05) is 6.54 Å². The summed E-state index contributed by atoms with van der Waals surface area (Å²) >= 11 is 0. The highest BCUT2D eigenvalue weighted by molar-refractivity contribution is 5.73. The van der Waals surface area contributed by atoms with Crippen LogP contribution < -0.4 is 0 Å². The van der Waals surface area contributed by atoms with Crippen LogP contribution in [0, 0.1) is 0 Å². The number of rotatable bonds is 7. The highest BCUT2D eigenvalue weighted by atomic mass is 16.4. The van der Waals surface area contributed by atoms with E-state index in [1.54, 1.807) is 0 Å². The van der Waals surface area contributed by atoms with Gasteiger partial charge in [0.15, 0.2) is 0 Å². The molecular weight excluding hydrogens is 322 g/mol. The first-order chi connectivity index (χ1) is 12.7. The van der Waals surface area contributed by atoms with Crippen molar-refractivity contribution in [1.29, 1.82) is 0 Å². The van der Waals surface area contributed by atoms with Gasteiger partial charge in [-0.1, -0.05) is 80.8 Å². The summed E-state index contributed by atoms with van der Waals surface area (Å²) in [5.41, 5.74) is 3.66. The van der Waals surface area contributed by atoms with Crippen molar-refractivity contribution in [2.45, 2.75) is 57.5 Å². The molecule has 0 amide bonds. The molecule has 1 saturated heterocycles. The van der Waals surface area contributed by atoms with Crippen molar-refractivity contribution in [3.05, 3.63) is 60.2 Å². The third-order valence-electron chi connectivity index (χ3n) is 5.46. The first-order valence-corrected chi connectivity index (χ1v) is 9.84. The minimum Gasteiger partial charge on any atom is -0.480 e. The van der Waals surface area contributed by atoms with E-state index in [4.69, 9.17) is 0 Å². The second kappa shape index (κ2) is 9.00. The molecule has 3 heteroatoms. The average molecular weight is 351 g/mol. The molecule has 0 saturated carbocycles. The summed E-state index contributed by atoms with van der Waals surface area (Å²) in [7, 11) is 0. The highest BCUT2D eigenvalue weighted by Gasteiger charge is 2.33. The fourth-order valence-electron chi connectivity index (χ4n) is 4.04. The molecule has 26 heavy (non-hydrogen) atoms. The number of aliphatic carboxylic acids is 1. The van der Waals surface area contributed by atoms with Gasteiger partial charge in [0.2, 0.25) is 0 Å². The van der Waals surface area contributed by atoms with E-state index >= 15 is 0 Å². The standard InChI is InChI=1S/C23H29NO2/c1-2-3-11-21(24-17-8-7-12-22(24)23(25)26)20-15-13-19(14-16-20)18-9-5-4-6-10-18/h4-6,9-10,13-16,21-22H,2-3,7-8,11-12,17H2,1H3,(H,25,26). The number of carbonyl (C=O) groups is 1. The zero-order valence-electron chi connectivity index (χ0n) is 15.6. The van der Waals surface area contributed by atoms with Crippen LogP contribution in [0.2, 0.25) is 0 Å². The van der Waals surface area contributed by atoms with Gasteiger partial charge in [0.25, 0.3) is 0 Å². The molecule has 2 unspecified atom stereocenters. The van der Waals surface area contributed by atoms with Crippen LogP contribution in [-0.2, 0) is 4.79 Å². The number of carboxylic acids is 1. The largest absolute Gasteiger partial charge is 0.480 e. The number of hydrogen-bond acceptors (Lipinski definition) is 2. The molecule has 0 bridgehead atoms. The number of likely N-dealkylation sites (tertiary alicyclic amines) is 1. The lowest BCUT2D eigenvalue weighted by molar-refractivity contribution is -0.146. The third-order valence-corrected chi connectivity index (χ3v) is 5.46. The molecule has 0 spiro atoms. The maximum atomic E-state index is 11.8. The minimum absolute atomic E-state index is 0.196. The van der Waals surface area contributed by atoms with E-state index < -0.39 is 5.97 Å². The molecule has 3 nitrogen and oxygen atoms in total. The SMILES string of the molecule is CCCCC(c1ccc(-c2ccccc2)cc1)N1CCCCC1C(=O)O. The van der Waals surface area contributed by atoms with Gasteiger partial charge in [0.1, 0.15) is 6.04 Å². The molecule has 3 rings (SSSR count). The smallest absolute Gasteiger partial charge is 0.320 e. The number of carboxylic acid groups (broad SMARTS) is 1. The Morgan fingerprint density at radius 1 is 1.08 bits per heavy atom. The Balaban J connectivity index is 1.86. The number of benzene rings is 2. The molecule has 0 aromatic heterocycles. The van der Waals surface area contributed by atoms with Crippen LogP contribution in [0.4, 0.5) is 0 Å². The summed E-state index contributed by atoms with van der Waals surface area (Å²) in [6, 6.07) is 18.9. The highest BCUT2D eigenvalue weighted by Crippen LogP contribution is 2.33. The molecule has 2 aromatic carbocycles. The van der Waals surface area contributed by atoms with Crippen LogP contribution in [0.25, 0.3) is 11.1 Å². The van der Waals surface area contributed by atoms with Gasteiger partial charge >= 0.3 is 5.97 Å². The molecule has 138 valence electrons. The van der Waals surface area contributed by atoms with Gasteiger partial charge in [-0.05, 0) is 42.5 Å². The number of hydrogen-bond donors (Lipinski definition) is 1. The van der Waals surface area contributed by atoms with Crippen molar-refractivity contribution in [2.24, 2.45) is 0 Å². The summed E-state index contributed by atoms with van der Waals surface area (Å²) in [5, 5.41) is 9.68. The van der Waals surface area contributed by atoms with Crippen molar-refractivity contribution < 1.29 is 9.90 Å². The molecule has 2 aromatic rings. The molecule has 1 fully saturated rings. The molecular formula is C23H29NO2. The molecule has 1 aliphatic rings. The average Bonchev–Trinajstić information content (AvgIpc) is 2.70. The summed E-state index contributed by atoms with van der Waals surface area (Å²) < 4.78 is 0. The monoisotopic (exact) mass is 351 g/mol. The normalized spacial score (nSPS) is 19.2. The van der Waals surface area contributed by atoms with E-state index in [0.29, 0.717) is 0 Å². The number of nitrogens with zero attached hydrogens (tertiary/aromatic N) is 1. The molecule has 1 aliphatic heterocycles. The van der Waals surface area contributed by atoms with Gasteiger partial charge in [-0.25, -0.2) is 0 Å². The predicted octanol–water partition coefficient (Wildman–Crippen LogP) is 5.52. The van der Waals surface area contributed by atoms with Crippen molar-refractivity contribution in [1.82, 2.24) is 4.90 Å². The third kappa shape index (κ3) is 4.34. The Morgan fingerprint density at radius 2 is 1.77 bits per heavy atom. The second-order valence-corrected chi connectivity index (χ2v) is 7.23. The molecule has 2 atom stereocenters. The van der Waals surface area contributed by atoms with E-state index in [-0.39, 0.29) is 12.1 Å². The van der Waals surface area contributed by atoms with Gasteiger partial charge in [-0.3, -0.25) is 9.69 Å². The molecule has 1 N–H and O–H groups in total. The topological polar surface area (TPSA) is 40.5 Å². The second-order valence-electron chi connectivity index (χ2n) is 7.23. The molecule has 1 heterocycles. The molecule has 0 radical (unpaired) electrons. The van der Waals surface area contributed by atoms with E-state index in [1.807, 2.05) is 6.07 Å². The van der Waals surface area contributed by atoms with E-state index in [1.165, 1.54) is 16.7 Å². The van der Waals surface area contributed by atoms with Gasteiger partial charge in [0, 0.05) is 6.04 Å². The van der Waals surface area contributed by atoms with Crippen LogP contribution >= 0.6 is 0 Å². The lowest BCUT2D eigenvalue weighted by Crippen LogP contribution is -2.46. The van der Waals surface area contributed by atoms with Crippen LogP contribution in [0.15, 0.2) is 54.6 Å². The van der Waals surface area contributed by atoms with E-state index in [0.717, 1.165) is 45.1 Å². The molecule has 0 aliphatic carbocycles. The van der Waals surface area contributed by atoms with E-state index in [2.05, 4.69) is 60.4 Å². The van der Waals surface area contributed by atoms with Crippen LogP contribution in [-0.4, -0.2) is 28.6 Å². The Morgan fingerprint density at radius 3 is 2.42 bits per heavy atom. The predicted molar refractivity (Wildman–Crippen MR) is 106 cm³/mol. The Bertz CT molecular complexity index is 696. The van der Waals surface area contributed by atoms with Crippen molar-refractivity contribution >= 4 is 5.97 Å². The number of unbranched alkanes of at least 4 members (excludes halogenated alkanes) is 1. The van der Waals surface area contributed by atoms with Crippen LogP contribution in [0.3, 0.4) is 0 Å². The van der Waals surface area contributed by atoms with E-state index in [9.17, 15) is 9.90 Å². The lowest BCUT2D eigenvalue weighted by atomic mass is 9.92. The fraction of sp³-hybridized carbons (Fsp3) is 0.435. The Labute approximate surface area is 156 Å². The van der Waals surface area contributed by atoms with Crippen LogP contribution in [0.5, 0.6) is 0 Å². The van der Waals surface area contributed by atoms with Gasteiger partial charge < -0.3 is 5.11 Å². The maximum absolute atomic E-state index is 11.8. The lowest BCUT2D eigenvalue weighted by Gasteiger charge is -2.39. The zero-order chi connectivity index (χ0) is 18.4. The van der Waals surface area contributed by atoms with Gasteiger partial charge in [-0.15, -0.1) is 0 Å². The van der Waals surface area contributed by atoms with Crippen LogP contribution in [0.1, 0.15) is 57.1 Å². The summed E-state index contributed by atoms with van der Waals surface area (Å²) in [6.07, 6.45) is 6.14. The zero-order valence-corrected chi connectivity index (χ0v) is 15.6. The van der Waals surface area contributed by atoms with Crippen molar-refractivity contribution in [3.8, 4) is 11.1 Å². The fourth-order valence-corrected chi connectivity index (χ4v) is 4.04. The first-order valence-electron chi connectivity index (χ1n) is 9.84. The summed E-state index contributed by atoms with van der Waals surface area (Å²) in [6.45, 7) is 3.08. The van der Waals surface area contributed by atoms with Gasteiger partial charge in [-0.2, -0.15) is 0 Å².